The van der Waals surface area contributed by atoms with Crippen LogP contribution in [0.5, 0.6) is 0 Å². The van der Waals surface area contributed by atoms with Crippen LogP contribution in [0.25, 0.3) is 0 Å². The molecule has 2 aliphatic rings. The molecule has 3 heterocycles. The summed E-state index contributed by atoms with van der Waals surface area (Å²) in [5, 5.41) is 15.6. The summed E-state index contributed by atoms with van der Waals surface area (Å²) in [6.45, 7) is 6.90. The van der Waals surface area contributed by atoms with E-state index in [1.165, 1.54) is 24.0 Å². The molecule has 178 valence electrons. The van der Waals surface area contributed by atoms with Crippen molar-refractivity contribution in [3.05, 3.63) is 35.0 Å². The lowest BCUT2D eigenvalue weighted by molar-refractivity contribution is -0.192. The second kappa shape index (κ2) is 10.0. The standard InChI is InChI=1S/C19H28N4O2.C2HF3O2/c1-13-17(14(2)25-21-13)11-23-7-6-19(24-12-15-4-5-15)18(23)8-16-9-20-22(3)10-16;3-2(4,5)1(6)7/h9-10,15,18-19H,4-8,11-12H2,1-3H3;(H,6,7)/t18-,19+;/m0./s1. The van der Waals surface area contributed by atoms with Crippen molar-refractivity contribution in [3.8, 4) is 0 Å². The first-order valence-electron chi connectivity index (χ1n) is 10.6. The Morgan fingerprint density at radius 2 is 2.00 bits per heavy atom. The molecule has 1 saturated carbocycles. The van der Waals surface area contributed by atoms with Crippen molar-refractivity contribution >= 4 is 5.97 Å². The molecule has 1 saturated heterocycles. The summed E-state index contributed by atoms with van der Waals surface area (Å²) in [6, 6.07) is 0.386. The van der Waals surface area contributed by atoms with Gasteiger partial charge in [-0.05, 0) is 51.0 Å². The summed E-state index contributed by atoms with van der Waals surface area (Å²) in [5.41, 5.74) is 3.50. The fourth-order valence-electron chi connectivity index (χ4n) is 3.83. The molecule has 1 aliphatic heterocycles. The Hall–Kier alpha value is -2.40. The molecule has 32 heavy (non-hydrogen) atoms. The molecule has 0 unspecified atom stereocenters. The van der Waals surface area contributed by atoms with E-state index >= 15 is 0 Å². The Morgan fingerprint density at radius 3 is 2.50 bits per heavy atom. The molecule has 0 bridgehead atoms. The van der Waals surface area contributed by atoms with Crippen LogP contribution >= 0.6 is 0 Å². The maximum Gasteiger partial charge on any atom is 0.490 e. The predicted octanol–water partition coefficient (Wildman–Crippen LogP) is 3.27. The number of hydrogen-bond acceptors (Lipinski definition) is 6. The lowest BCUT2D eigenvalue weighted by Gasteiger charge is -2.28. The topological polar surface area (TPSA) is 93.6 Å². The summed E-state index contributed by atoms with van der Waals surface area (Å²) >= 11 is 0. The third kappa shape index (κ3) is 6.55. The molecule has 0 aromatic carbocycles. The first-order chi connectivity index (χ1) is 15.0. The Labute approximate surface area is 184 Å². The molecule has 0 radical (unpaired) electrons. The Bertz CT molecular complexity index is 888. The van der Waals surface area contributed by atoms with E-state index in [1.807, 2.05) is 31.8 Å². The zero-order valence-corrected chi connectivity index (χ0v) is 18.4. The molecular formula is C21H29F3N4O4. The van der Waals surface area contributed by atoms with Gasteiger partial charge in [-0.25, -0.2) is 4.79 Å². The Kier molecular flexibility index (Phi) is 7.60. The fourth-order valence-corrected chi connectivity index (χ4v) is 3.83. The maximum atomic E-state index is 10.6. The highest BCUT2D eigenvalue weighted by atomic mass is 19.4. The van der Waals surface area contributed by atoms with Crippen LogP contribution in [0.2, 0.25) is 0 Å². The highest BCUT2D eigenvalue weighted by molar-refractivity contribution is 5.73. The second-order valence-electron chi connectivity index (χ2n) is 8.47. The molecular weight excluding hydrogens is 429 g/mol. The predicted molar refractivity (Wildman–Crippen MR) is 108 cm³/mol. The molecule has 11 heteroatoms. The van der Waals surface area contributed by atoms with E-state index in [4.69, 9.17) is 19.2 Å². The van der Waals surface area contributed by atoms with E-state index in [2.05, 4.69) is 21.4 Å². The lowest BCUT2D eigenvalue weighted by Crippen LogP contribution is -2.38. The van der Waals surface area contributed by atoms with Gasteiger partial charge in [0.1, 0.15) is 5.76 Å². The number of rotatable bonds is 7. The molecule has 1 N–H and O–H groups in total. The van der Waals surface area contributed by atoms with Crippen LogP contribution < -0.4 is 0 Å². The van der Waals surface area contributed by atoms with Crippen molar-refractivity contribution < 1.29 is 32.3 Å². The van der Waals surface area contributed by atoms with Gasteiger partial charge in [0.15, 0.2) is 0 Å². The van der Waals surface area contributed by atoms with Gasteiger partial charge >= 0.3 is 12.1 Å². The molecule has 8 nitrogen and oxygen atoms in total. The van der Waals surface area contributed by atoms with Crippen LogP contribution in [0.15, 0.2) is 16.9 Å². The highest BCUT2D eigenvalue weighted by Gasteiger charge is 2.38. The van der Waals surface area contributed by atoms with Gasteiger partial charge < -0.3 is 14.4 Å². The Morgan fingerprint density at radius 1 is 1.31 bits per heavy atom. The maximum absolute atomic E-state index is 10.6. The van der Waals surface area contributed by atoms with Crippen LogP contribution in [-0.2, 0) is 29.5 Å². The van der Waals surface area contributed by atoms with Crippen molar-refractivity contribution in [1.29, 1.82) is 0 Å². The number of aliphatic carboxylic acids is 1. The molecule has 4 rings (SSSR count). The number of halogens is 3. The number of carboxylic acids is 1. The molecule has 2 aromatic heterocycles. The first kappa shape index (κ1) is 24.2. The number of carboxylic acid groups (broad SMARTS) is 1. The summed E-state index contributed by atoms with van der Waals surface area (Å²) in [5.74, 6) is -1.02. The summed E-state index contributed by atoms with van der Waals surface area (Å²) < 4.78 is 45.3. The van der Waals surface area contributed by atoms with E-state index in [0.29, 0.717) is 12.1 Å². The molecule has 2 fully saturated rings. The van der Waals surface area contributed by atoms with Gasteiger partial charge in [0.05, 0.1) is 18.0 Å². The van der Waals surface area contributed by atoms with Crippen LogP contribution in [0.1, 0.15) is 41.8 Å². The monoisotopic (exact) mass is 458 g/mol. The number of aryl methyl sites for hydroxylation is 3. The molecule has 1 aliphatic carbocycles. The zero-order chi connectivity index (χ0) is 23.5. The van der Waals surface area contributed by atoms with E-state index < -0.39 is 12.1 Å². The average Bonchev–Trinajstić information content (AvgIpc) is 3.23. The molecule has 2 atom stereocenters. The molecule has 0 amide bonds. The number of ether oxygens (including phenoxy) is 1. The van der Waals surface area contributed by atoms with Gasteiger partial charge in [-0.1, -0.05) is 5.16 Å². The van der Waals surface area contributed by atoms with Gasteiger partial charge in [0.25, 0.3) is 0 Å². The molecule has 0 spiro atoms. The van der Waals surface area contributed by atoms with Crippen LogP contribution in [0, 0.1) is 19.8 Å². The number of aromatic nitrogens is 3. The summed E-state index contributed by atoms with van der Waals surface area (Å²) in [4.78, 5) is 11.4. The summed E-state index contributed by atoms with van der Waals surface area (Å²) in [6.07, 6.45) is 4.06. The minimum Gasteiger partial charge on any atom is -0.475 e. The van der Waals surface area contributed by atoms with E-state index in [1.54, 1.807) is 0 Å². The normalized spacial score (nSPS) is 21.4. The largest absolute Gasteiger partial charge is 0.490 e. The second-order valence-corrected chi connectivity index (χ2v) is 8.47. The number of likely N-dealkylation sites (tertiary alicyclic amines) is 1. The third-order valence-corrected chi connectivity index (χ3v) is 5.83. The number of hydrogen-bond donors (Lipinski definition) is 1. The van der Waals surface area contributed by atoms with E-state index in [9.17, 15) is 13.2 Å². The lowest BCUT2D eigenvalue weighted by atomic mass is 10.0. The van der Waals surface area contributed by atoms with E-state index in [0.717, 1.165) is 49.9 Å². The van der Waals surface area contributed by atoms with Crippen molar-refractivity contribution in [2.45, 2.75) is 64.4 Å². The van der Waals surface area contributed by atoms with Gasteiger partial charge in [-0.3, -0.25) is 9.58 Å². The number of carbonyl (C=O) groups is 1. The number of alkyl halides is 3. The van der Waals surface area contributed by atoms with Crippen LogP contribution in [0.3, 0.4) is 0 Å². The highest BCUT2D eigenvalue weighted by Crippen LogP contribution is 2.32. The molecule has 2 aromatic rings. The van der Waals surface area contributed by atoms with Crippen molar-refractivity contribution in [2.75, 3.05) is 13.2 Å². The fraction of sp³-hybridized carbons (Fsp3) is 0.667. The van der Waals surface area contributed by atoms with Gasteiger partial charge in [-0.2, -0.15) is 18.3 Å². The average molecular weight is 458 g/mol. The minimum atomic E-state index is -5.08. The van der Waals surface area contributed by atoms with Crippen molar-refractivity contribution in [1.82, 2.24) is 19.8 Å². The van der Waals surface area contributed by atoms with Crippen molar-refractivity contribution in [2.24, 2.45) is 13.0 Å². The van der Waals surface area contributed by atoms with Gasteiger partial charge in [0.2, 0.25) is 0 Å². The SMILES string of the molecule is Cc1noc(C)c1CN1CC[C@@H](OCC2CC2)[C@@H]1Cc1cnn(C)c1.O=C(O)C(F)(F)F. The zero-order valence-electron chi connectivity index (χ0n) is 18.4. The smallest absolute Gasteiger partial charge is 0.475 e. The minimum absolute atomic E-state index is 0.307. The summed E-state index contributed by atoms with van der Waals surface area (Å²) in [7, 11) is 1.97. The van der Waals surface area contributed by atoms with Crippen LogP contribution in [0.4, 0.5) is 13.2 Å². The quantitative estimate of drug-likeness (QED) is 0.681. The van der Waals surface area contributed by atoms with Crippen LogP contribution in [-0.4, -0.2) is 62.4 Å². The Balaban J connectivity index is 0.000000360. The van der Waals surface area contributed by atoms with Gasteiger partial charge in [0, 0.05) is 44.5 Å². The third-order valence-electron chi connectivity index (χ3n) is 5.83. The van der Waals surface area contributed by atoms with Crippen molar-refractivity contribution in [3.63, 3.8) is 0 Å². The van der Waals surface area contributed by atoms with Gasteiger partial charge in [-0.15, -0.1) is 0 Å². The first-order valence-corrected chi connectivity index (χ1v) is 10.6. The number of nitrogens with zero attached hydrogens (tertiary/aromatic N) is 4. The van der Waals surface area contributed by atoms with E-state index in [-0.39, 0.29) is 0 Å².